The lowest BCUT2D eigenvalue weighted by atomic mass is 10.0. The second-order valence-electron chi connectivity index (χ2n) is 15.0. The summed E-state index contributed by atoms with van der Waals surface area (Å²) in [5.41, 5.74) is 0. The fraction of sp³-hybridized carbons (Fsp3) is 0.907. The van der Waals surface area contributed by atoms with E-state index in [4.69, 9.17) is 19.3 Å². The third-order valence-corrected chi connectivity index (χ3v) is 10.3. The lowest BCUT2D eigenvalue weighted by Gasteiger charge is -2.18. The SMILES string of the molecule is CCCCCCCCCCCCC/C=C/CCC(=O)O[C@H](COC(=O)CCCCCCCCCCCCCCCCCCCCC)COP(=O)(O)O. The number of esters is 2. The Morgan fingerprint density at radius 1 is 0.481 bits per heavy atom. The zero-order valence-corrected chi connectivity index (χ0v) is 34.9. The summed E-state index contributed by atoms with van der Waals surface area (Å²) in [4.78, 5) is 42.8. The molecule has 0 bridgehead atoms. The lowest BCUT2D eigenvalue weighted by molar-refractivity contribution is -0.161. The first-order chi connectivity index (χ1) is 25.3. The largest absolute Gasteiger partial charge is 0.469 e. The normalized spacial score (nSPS) is 12.5. The molecule has 0 rings (SSSR count). The molecule has 1 atom stereocenters. The summed E-state index contributed by atoms with van der Waals surface area (Å²) in [6.45, 7) is 3.69. The Hall–Kier alpha value is -1.21. The van der Waals surface area contributed by atoms with Crippen LogP contribution in [0.3, 0.4) is 0 Å². The minimum Gasteiger partial charge on any atom is -0.462 e. The minimum atomic E-state index is -4.76. The number of rotatable bonds is 41. The number of hydrogen-bond acceptors (Lipinski definition) is 6. The van der Waals surface area contributed by atoms with E-state index in [1.807, 2.05) is 6.08 Å². The average molecular weight is 759 g/mol. The van der Waals surface area contributed by atoms with Crippen LogP contribution in [0.15, 0.2) is 12.2 Å². The second kappa shape index (κ2) is 39.5. The van der Waals surface area contributed by atoms with Gasteiger partial charge >= 0.3 is 19.8 Å². The Morgan fingerprint density at radius 3 is 1.25 bits per heavy atom. The summed E-state index contributed by atoms with van der Waals surface area (Å²) in [5, 5.41) is 0. The van der Waals surface area contributed by atoms with Crippen molar-refractivity contribution in [3.63, 3.8) is 0 Å². The third-order valence-electron chi connectivity index (χ3n) is 9.80. The van der Waals surface area contributed by atoms with E-state index in [0.29, 0.717) is 6.42 Å². The summed E-state index contributed by atoms with van der Waals surface area (Å²) in [6.07, 6.45) is 43.8. The molecule has 0 aliphatic heterocycles. The fourth-order valence-corrected chi connectivity index (χ4v) is 6.87. The smallest absolute Gasteiger partial charge is 0.462 e. The van der Waals surface area contributed by atoms with E-state index in [9.17, 15) is 14.2 Å². The van der Waals surface area contributed by atoms with E-state index in [2.05, 4.69) is 24.4 Å². The molecule has 0 saturated carbocycles. The van der Waals surface area contributed by atoms with Crippen LogP contribution >= 0.6 is 7.82 Å². The molecule has 2 N–H and O–H groups in total. The van der Waals surface area contributed by atoms with Crippen LogP contribution in [0.1, 0.15) is 232 Å². The molecular weight excluding hydrogens is 675 g/mol. The number of allylic oxidation sites excluding steroid dienone is 2. The van der Waals surface area contributed by atoms with Gasteiger partial charge in [-0.25, -0.2) is 4.57 Å². The van der Waals surface area contributed by atoms with Crippen LogP contribution in [0.25, 0.3) is 0 Å². The second-order valence-corrected chi connectivity index (χ2v) is 16.3. The third kappa shape index (κ3) is 41.5. The molecule has 0 aliphatic carbocycles. The summed E-state index contributed by atoms with van der Waals surface area (Å²) in [5.74, 6) is -0.928. The van der Waals surface area contributed by atoms with Gasteiger partial charge in [0.1, 0.15) is 6.61 Å². The Morgan fingerprint density at radius 2 is 0.846 bits per heavy atom. The van der Waals surface area contributed by atoms with Crippen LogP contribution < -0.4 is 0 Å². The molecule has 0 heterocycles. The van der Waals surface area contributed by atoms with E-state index >= 15 is 0 Å². The van der Waals surface area contributed by atoms with Crippen molar-refractivity contribution in [2.75, 3.05) is 13.2 Å². The molecule has 0 amide bonds. The summed E-state index contributed by atoms with van der Waals surface area (Å²) < 4.78 is 26.4. The van der Waals surface area contributed by atoms with E-state index in [-0.39, 0.29) is 19.4 Å². The van der Waals surface area contributed by atoms with E-state index in [1.165, 1.54) is 167 Å². The maximum Gasteiger partial charge on any atom is 0.469 e. The maximum atomic E-state index is 12.4. The Kier molecular flexibility index (Phi) is 38.6. The Labute approximate surface area is 320 Å². The van der Waals surface area contributed by atoms with Gasteiger partial charge in [-0.1, -0.05) is 206 Å². The average Bonchev–Trinajstić information content (AvgIpc) is 3.11. The number of phosphoric ester groups is 1. The number of unbranched alkanes of at least 4 members (excludes halogenated alkanes) is 29. The number of hydrogen-bond donors (Lipinski definition) is 2. The molecule has 308 valence electrons. The predicted molar refractivity (Wildman–Crippen MR) is 216 cm³/mol. The quantitative estimate of drug-likeness (QED) is 0.0274. The zero-order chi connectivity index (χ0) is 38.2. The maximum absolute atomic E-state index is 12.4. The van der Waals surface area contributed by atoms with Gasteiger partial charge in [-0.05, 0) is 25.7 Å². The highest BCUT2D eigenvalue weighted by Crippen LogP contribution is 2.36. The molecule has 52 heavy (non-hydrogen) atoms. The monoisotopic (exact) mass is 759 g/mol. The Balaban J connectivity index is 3.87. The van der Waals surface area contributed by atoms with Crippen LogP contribution in [0, 0.1) is 0 Å². The molecule has 0 aliphatic rings. The van der Waals surface area contributed by atoms with Crippen molar-refractivity contribution in [1.82, 2.24) is 0 Å². The summed E-state index contributed by atoms with van der Waals surface area (Å²) in [6, 6.07) is 0. The van der Waals surface area contributed by atoms with Crippen molar-refractivity contribution < 1.29 is 37.9 Å². The highest BCUT2D eigenvalue weighted by atomic mass is 31.2. The van der Waals surface area contributed by atoms with Crippen molar-refractivity contribution in [1.29, 1.82) is 0 Å². The van der Waals surface area contributed by atoms with Gasteiger partial charge in [-0.3, -0.25) is 14.1 Å². The summed E-state index contributed by atoms with van der Waals surface area (Å²) >= 11 is 0. The fourth-order valence-electron chi connectivity index (χ4n) is 6.51. The predicted octanol–water partition coefficient (Wildman–Crippen LogP) is 13.4. The molecule has 0 unspecified atom stereocenters. The van der Waals surface area contributed by atoms with Crippen molar-refractivity contribution >= 4 is 19.8 Å². The topological polar surface area (TPSA) is 119 Å². The molecule has 0 spiro atoms. The van der Waals surface area contributed by atoms with Gasteiger partial charge in [0.15, 0.2) is 6.10 Å². The summed E-state index contributed by atoms with van der Waals surface area (Å²) in [7, 11) is -4.76. The van der Waals surface area contributed by atoms with E-state index in [1.54, 1.807) is 0 Å². The van der Waals surface area contributed by atoms with Crippen molar-refractivity contribution in [2.45, 2.75) is 238 Å². The van der Waals surface area contributed by atoms with Crippen LogP contribution in [0.5, 0.6) is 0 Å². The number of phosphoric acid groups is 1. The number of carbonyl (C=O) groups is 2. The van der Waals surface area contributed by atoms with Crippen LogP contribution in [0.4, 0.5) is 0 Å². The van der Waals surface area contributed by atoms with Gasteiger partial charge in [0.05, 0.1) is 6.61 Å². The van der Waals surface area contributed by atoms with Gasteiger partial charge in [0.2, 0.25) is 0 Å². The lowest BCUT2D eigenvalue weighted by Crippen LogP contribution is -2.29. The minimum absolute atomic E-state index is 0.133. The molecule has 0 saturated heterocycles. The molecular formula is C43H83O8P. The number of carbonyl (C=O) groups excluding carboxylic acids is 2. The van der Waals surface area contributed by atoms with Gasteiger partial charge in [0, 0.05) is 12.8 Å². The van der Waals surface area contributed by atoms with Crippen LogP contribution in [-0.2, 0) is 28.2 Å². The molecule has 0 aromatic carbocycles. The van der Waals surface area contributed by atoms with Crippen molar-refractivity contribution in [3.8, 4) is 0 Å². The first-order valence-electron chi connectivity index (χ1n) is 22.0. The highest BCUT2D eigenvalue weighted by molar-refractivity contribution is 7.46. The molecule has 9 heteroatoms. The molecule has 0 radical (unpaired) electrons. The van der Waals surface area contributed by atoms with Crippen molar-refractivity contribution in [3.05, 3.63) is 12.2 Å². The molecule has 0 aromatic rings. The molecule has 0 fully saturated rings. The zero-order valence-electron chi connectivity index (χ0n) is 34.0. The first-order valence-corrected chi connectivity index (χ1v) is 23.5. The van der Waals surface area contributed by atoms with Crippen molar-refractivity contribution in [2.24, 2.45) is 0 Å². The number of ether oxygens (including phenoxy) is 2. The van der Waals surface area contributed by atoms with Crippen LogP contribution in [0.2, 0.25) is 0 Å². The molecule has 0 aromatic heterocycles. The van der Waals surface area contributed by atoms with Gasteiger partial charge in [0.25, 0.3) is 0 Å². The molecule has 8 nitrogen and oxygen atoms in total. The van der Waals surface area contributed by atoms with Gasteiger partial charge in [-0.2, -0.15) is 0 Å². The highest BCUT2D eigenvalue weighted by Gasteiger charge is 2.22. The first kappa shape index (κ1) is 50.8. The van der Waals surface area contributed by atoms with Gasteiger partial charge < -0.3 is 19.3 Å². The standard InChI is InChI=1S/C43H83O8P/c1-3-5-7-9-11-13-15-17-19-20-21-22-24-25-27-29-31-33-35-37-42(44)49-39-41(40-50-52(46,47)48)51-43(45)38-36-34-32-30-28-26-23-18-16-14-12-10-8-6-4-2/h32,34,41H,3-31,33,35-40H2,1-2H3,(H2,46,47,48)/b34-32+/t41-/m1/s1. The Bertz CT molecular complexity index is 858. The van der Waals surface area contributed by atoms with Crippen LogP contribution in [-0.4, -0.2) is 41.0 Å². The van der Waals surface area contributed by atoms with Gasteiger partial charge in [-0.15, -0.1) is 0 Å². The van der Waals surface area contributed by atoms with E-state index in [0.717, 1.165) is 32.1 Å². The van der Waals surface area contributed by atoms with E-state index < -0.39 is 32.5 Å².